The van der Waals surface area contributed by atoms with E-state index in [-0.39, 0.29) is 25.7 Å². The van der Waals surface area contributed by atoms with Crippen LogP contribution in [0.1, 0.15) is 421 Å². The topological polar surface area (TPSA) is 237 Å². The third kappa shape index (κ3) is 76.1. The van der Waals surface area contributed by atoms with E-state index in [1.165, 1.54) is 218 Å². The molecule has 0 radical (unpaired) electrons. The summed E-state index contributed by atoms with van der Waals surface area (Å²) in [5.74, 6) is 0.982. The van der Waals surface area contributed by atoms with Crippen LogP contribution in [0.3, 0.4) is 0 Å². The Morgan fingerprint density at radius 3 is 0.614 bits per heavy atom. The van der Waals surface area contributed by atoms with E-state index < -0.39 is 97.5 Å². The molecule has 0 aliphatic rings. The van der Waals surface area contributed by atoms with Crippen LogP contribution in [0.4, 0.5) is 0 Å². The average Bonchev–Trinajstić information content (AvgIpc) is 0.940. The molecule has 0 saturated carbocycles. The Kier molecular flexibility index (Phi) is 69.6. The fraction of sp³-hybridized carbons (Fsp3) is 0.951. The summed E-state index contributed by atoms with van der Waals surface area (Å²) in [5.41, 5.74) is 0. The molecule has 0 rings (SSSR count). The van der Waals surface area contributed by atoms with Crippen molar-refractivity contribution in [3.05, 3.63) is 0 Å². The Morgan fingerprint density at radius 2 is 0.416 bits per heavy atom. The van der Waals surface area contributed by atoms with Gasteiger partial charge in [0.05, 0.1) is 26.4 Å². The molecule has 101 heavy (non-hydrogen) atoms. The first kappa shape index (κ1) is 99.1. The van der Waals surface area contributed by atoms with Gasteiger partial charge < -0.3 is 33.8 Å². The third-order valence-electron chi connectivity index (χ3n) is 19.1. The zero-order valence-electron chi connectivity index (χ0n) is 66.5. The summed E-state index contributed by atoms with van der Waals surface area (Å²) in [7, 11) is -9.92. The number of hydrogen-bond acceptors (Lipinski definition) is 15. The van der Waals surface area contributed by atoms with Crippen LogP contribution in [0.25, 0.3) is 0 Å². The van der Waals surface area contributed by atoms with Crippen molar-refractivity contribution in [2.75, 3.05) is 39.6 Å². The number of hydrogen-bond donors (Lipinski definition) is 3. The molecular formula is C82H160O17P2. The minimum atomic E-state index is -4.96. The number of carbonyl (C=O) groups is 4. The fourth-order valence-electron chi connectivity index (χ4n) is 12.6. The summed E-state index contributed by atoms with van der Waals surface area (Å²) in [4.78, 5) is 73.1. The Labute approximate surface area is 619 Å². The van der Waals surface area contributed by atoms with Crippen molar-refractivity contribution in [3.8, 4) is 0 Å². The molecule has 0 aromatic carbocycles. The first-order valence-corrected chi connectivity index (χ1v) is 45.2. The van der Waals surface area contributed by atoms with Gasteiger partial charge in [0.1, 0.15) is 19.3 Å². The molecule has 0 aliphatic carbocycles. The predicted molar refractivity (Wildman–Crippen MR) is 414 cm³/mol. The summed E-state index contributed by atoms with van der Waals surface area (Å²) in [6.07, 6.45) is 58.3. The second kappa shape index (κ2) is 71.0. The van der Waals surface area contributed by atoms with E-state index in [1.807, 2.05) is 0 Å². The molecule has 0 bridgehead atoms. The number of unbranched alkanes of at least 4 members (excludes halogenated alkanes) is 45. The lowest BCUT2D eigenvalue weighted by molar-refractivity contribution is -0.161. The molecule has 0 saturated heterocycles. The lowest BCUT2D eigenvalue weighted by atomic mass is 10.0. The molecule has 0 aromatic heterocycles. The molecule has 600 valence electrons. The largest absolute Gasteiger partial charge is 0.472 e. The standard InChI is InChI=1S/C82H160O17P2/c1-72(2)58-50-42-34-27-21-15-9-12-18-24-30-38-46-54-62-79(84)92-68-77(98-81(86)64-56-48-39-31-25-19-13-10-16-22-28-35-43-51-59-73(3)4)70-96-100(88,89)94-66-76(83)67-95-101(90,91)97-71-78(69-93-80(85)63-55-47-41-33-37-45-53-61-75(7)8)99-82(87)65-57-49-40-32-26-20-14-11-17-23-29-36-44-52-60-74(5)6/h72-78,83H,9-71H2,1-8H3,(H,88,89)(H,90,91)/t76?,77-,78-/m1/s1. The van der Waals surface area contributed by atoms with Gasteiger partial charge >= 0.3 is 39.5 Å². The molecule has 0 spiro atoms. The normalized spacial score (nSPS) is 14.0. The molecule has 5 atom stereocenters. The van der Waals surface area contributed by atoms with E-state index in [0.717, 1.165) is 114 Å². The number of aliphatic hydroxyl groups excluding tert-OH is 1. The van der Waals surface area contributed by atoms with E-state index in [9.17, 15) is 43.2 Å². The van der Waals surface area contributed by atoms with Gasteiger partial charge in [-0.25, -0.2) is 9.13 Å². The van der Waals surface area contributed by atoms with E-state index in [4.69, 9.17) is 37.0 Å². The van der Waals surface area contributed by atoms with Crippen molar-refractivity contribution in [2.24, 2.45) is 23.7 Å². The maximum atomic E-state index is 13.1. The monoisotopic (exact) mass is 1480 g/mol. The van der Waals surface area contributed by atoms with Gasteiger partial charge in [0, 0.05) is 25.7 Å². The lowest BCUT2D eigenvalue weighted by Gasteiger charge is -2.21. The Morgan fingerprint density at radius 1 is 0.248 bits per heavy atom. The Bertz CT molecular complexity index is 1970. The SMILES string of the molecule is CC(C)CCCCCCCCCCCCCCCCC(=O)OC[C@H](COP(=O)(O)OCC(O)COP(=O)(O)OC[C@@H](COC(=O)CCCCCCCCCC(C)C)OC(=O)CCCCCCCCCCCCCCCCC(C)C)OC(=O)CCCCCCCCCCCCCCCCC(C)C. The Balaban J connectivity index is 5.25. The van der Waals surface area contributed by atoms with Gasteiger partial charge in [-0.3, -0.25) is 37.3 Å². The van der Waals surface area contributed by atoms with Crippen molar-refractivity contribution in [3.63, 3.8) is 0 Å². The van der Waals surface area contributed by atoms with Crippen molar-refractivity contribution in [1.29, 1.82) is 0 Å². The molecule has 0 fully saturated rings. The molecular weight excluding hydrogens is 1320 g/mol. The summed E-state index contributed by atoms with van der Waals surface area (Å²) in [6, 6.07) is 0. The Hall–Kier alpha value is -1.94. The quantitative estimate of drug-likeness (QED) is 0.0222. The molecule has 3 unspecified atom stereocenters. The van der Waals surface area contributed by atoms with Crippen molar-refractivity contribution in [2.45, 2.75) is 440 Å². The summed E-state index contributed by atoms with van der Waals surface area (Å²) in [6.45, 7) is 14.3. The van der Waals surface area contributed by atoms with Crippen molar-refractivity contribution in [1.82, 2.24) is 0 Å². The summed E-state index contributed by atoms with van der Waals surface area (Å²) in [5, 5.41) is 10.7. The molecule has 0 aromatic rings. The number of phosphoric acid groups is 2. The van der Waals surface area contributed by atoms with E-state index in [1.54, 1.807) is 0 Å². The van der Waals surface area contributed by atoms with Gasteiger partial charge in [-0.05, 0) is 49.4 Å². The van der Waals surface area contributed by atoms with E-state index in [2.05, 4.69) is 55.4 Å². The number of ether oxygens (including phenoxy) is 4. The van der Waals surface area contributed by atoms with Gasteiger partial charge in [-0.15, -0.1) is 0 Å². The zero-order valence-corrected chi connectivity index (χ0v) is 68.3. The third-order valence-corrected chi connectivity index (χ3v) is 21.0. The highest BCUT2D eigenvalue weighted by atomic mass is 31.2. The molecule has 19 heteroatoms. The number of carbonyl (C=O) groups excluding carboxylic acids is 4. The van der Waals surface area contributed by atoms with Crippen LogP contribution in [-0.2, 0) is 65.4 Å². The zero-order chi connectivity index (χ0) is 74.6. The molecule has 0 aliphatic heterocycles. The van der Waals surface area contributed by atoms with Gasteiger partial charge in [-0.2, -0.15) is 0 Å². The number of esters is 4. The van der Waals surface area contributed by atoms with Gasteiger partial charge in [-0.1, -0.05) is 370 Å². The first-order chi connectivity index (χ1) is 48.6. The van der Waals surface area contributed by atoms with E-state index in [0.29, 0.717) is 31.6 Å². The molecule has 0 heterocycles. The maximum absolute atomic E-state index is 13.1. The van der Waals surface area contributed by atoms with Gasteiger partial charge in [0.15, 0.2) is 12.2 Å². The number of phosphoric ester groups is 2. The summed E-state index contributed by atoms with van der Waals surface area (Å²) >= 11 is 0. The van der Waals surface area contributed by atoms with Crippen LogP contribution in [0.2, 0.25) is 0 Å². The number of aliphatic hydroxyl groups is 1. The minimum Gasteiger partial charge on any atom is -0.462 e. The second-order valence-electron chi connectivity index (χ2n) is 31.4. The van der Waals surface area contributed by atoms with Crippen LogP contribution in [0.15, 0.2) is 0 Å². The summed E-state index contributed by atoms with van der Waals surface area (Å²) < 4.78 is 68.8. The van der Waals surface area contributed by atoms with Crippen molar-refractivity contribution >= 4 is 39.5 Å². The van der Waals surface area contributed by atoms with Crippen molar-refractivity contribution < 1.29 is 80.2 Å². The smallest absolute Gasteiger partial charge is 0.462 e. The lowest BCUT2D eigenvalue weighted by Crippen LogP contribution is -2.30. The fourth-order valence-corrected chi connectivity index (χ4v) is 14.2. The van der Waals surface area contributed by atoms with E-state index >= 15 is 0 Å². The van der Waals surface area contributed by atoms with Crippen LogP contribution in [0.5, 0.6) is 0 Å². The highest BCUT2D eigenvalue weighted by Gasteiger charge is 2.30. The van der Waals surface area contributed by atoms with Crippen LogP contribution >= 0.6 is 15.6 Å². The highest BCUT2D eigenvalue weighted by Crippen LogP contribution is 2.45. The number of rotatable bonds is 79. The molecule has 0 amide bonds. The van der Waals surface area contributed by atoms with Crippen LogP contribution in [-0.4, -0.2) is 96.7 Å². The minimum absolute atomic E-state index is 0.106. The second-order valence-corrected chi connectivity index (χ2v) is 34.3. The maximum Gasteiger partial charge on any atom is 0.472 e. The molecule has 17 nitrogen and oxygen atoms in total. The predicted octanol–water partition coefficient (Wildman–Crippen LogP) is 24.4. The molecule has 3 N–H and O–H groups in total. The van der Waals surface area contributed by atoms with Gasteiger partial charge in [0.25, 0.3) is 0 Å². The average molecular weight is 1480 g/mol. The van der Waals surface area contributed by atoms with Crippen LogP contribution in [0, 0.1) is 23.7 Å². The van der Waals surface area contributed by atoms with Gasteiger partial charge in [0.2, 0.25) is 0 Å². The first-order valence-electron chi connectivity index (χ1n) is 42.2. The van der Waals surface area contributed by atoms with Crippen LogP contribution < -0.4 is 0 Å². The highest BCUT2D eigenvalue weighted by molar-refractivity contribution is 7.47.